The van der Waals surface area contributed by atoms with Crippen molar-refractivity contribution in [2.45, 2.75) is 77.6 Å². The summed E-state index contributed by atoms with van der Waals surface area (Å²) in [6.45, 7) is 2.26. The molecule has 0 N–H and O–H groups in total. The number of unbranched alkanes of at least 4 members (excludes halogenated alkanes) is 9. The molecule has 1 aromatic rings. The van der Waals surface area contributed by atoms with E-state index in [0.717, 1.165) is 12.8 Å². The van der Waals surface area contributed by atoms with Gasteiger partial charge in [-0.1, -0.05) is 64.7 Å². The van der Waals surface area contributed by atoms with E-state index >= 15 is 0 Å². The number of rotatable bonds is 11. The highest BCUT2D eigenvalue weighted by Gasteiger charge is 2.02. The molecule has 1 aromatic heterocycles. The van der Waals surface area contributed by atoms with Crippen LogP contribution < -0.4 is 0 Å². The van der Waals surface area contributed by atoms with Crippen LogP contribution in [0.1, 0.15) is 77.0 Å². The van der Waals surface area contributed by atoms with E-state index in [1.807, 2.05) is 0 Å². The van der Waals surface area contributed by atoms with E-state index in [4.69, 9.17) is 23.2 Å². The predicted molar refractivity (Wildman–Crippen MR) is 85.4 cm³/mol. The summed E-state index contributed by atoms with van der Waals surface area (Å²) in [4.78, 5) is 11.9. The highest BCUT2D eigenvalue weighted by atomic mass is 35.5. The molecule has 0 aliphatic rings. The Bertz CT molecular complexity index is 352. The van der Waals surface area contributed by atoms with Gasteiger partial charge in [-0.05, 0) is 29.6 Å². The molecule has 0 aliphatic heterocycles. The third-order valence-corrected chi connectivity index (χ3v) is 3.72. The maximum Gasteiger partial charge on any atom is 0.226 e. The maximum absolute atomic E-state index is 5.74. The first-order chi connectivity index (χ1) is 9.72. The van der Waals surface area contributed by atoms with Crippen LogP contribution in [-0.2, 0) is 6.42 Å². The second kappa shape index (κ2) is 11.3. The lowest BCUT2D eigenvalue weighted by atomic mass is 10.1. The van der Waals surface area contributed by atoms with Crippen LogP contribution in [0.5, 0.6) is 0 Å². The molecule has 0 radical (unpaired) electrons. The van der Waals surface area contributed by atoms with Crippen molar-refractivity contribution in [2.75, 3.05) is 0 Å². The maximum atomic E-state index is 5.74. The molecule has 0 bridgehead atoms. The Kier molecular flexibility index (Phi) is 9.94. The lowest BCUT2D eigenvalue weighted by molar-refractivity contribution is 0.554. The zero-order valence-electron chi connectivity index (χ0n) is 12.4. The minimum Gasteiger partial charge on any atom is -0.203 e. The second-order valence-corrected chi connectivity index (χ2v) is 5.90. The van der Waals surface area contributed by atoms with E-state index in [1.165, 1.54) is 57.8 Å². The van der Waals surface area contributed by atoms with Gasteiger partial charge in [0.15, 0.2) is 0 Å². The van der Waals surface area contributed by atoms with Crippen molar-refractivity contribution < 1.29 is 0 Å². The normalized spacial score (nSPS) is 10.9. The molecule has 5 heteroatoms. The molecule has 0 spiro atoms. The lowest BCUT2D eigenvalue weighted by Crippen LogP contribution is -1.98. The Morgan fingerprint density at radius 1 is 0.650 bits per heavy atom. The molecule has 0 saturated carbocycles. The van der Waals surface area contributed by atoms with Gasteiger partial charge in [-0.25, -0.2) is 9.97 Å². The second-order valence-electron chi connectivity index (χ2n) is 5.22. The van der Waals surface area contributed by atoms with E-state index in [1.54, 1.807) is 0 Å². The quantitative estimate of drug-likeness (QED) is 0.495. The Balaban J connectivity index is 1.97. The van der Waals surface area contributed by atoms with Gasteiger partial charge in [-0.2, -0.15) is 4.98 Å². The predicted octanol–water partition coefficient (Wildman–Crippen LogP) is 5.64. The highest BCUT2D eigenvalue weighted by Crippen LogP contribution is 2.12. The fraction of sp³-hybridized carbons (Fsp3) is 0.800. The van der Waals surface area contributed by atoms with Gasteiger partial charge < -0.3 is 0 Å². The average Bonchev–Trinajstić information content (AvgIpc) is 2.40. The van der Waals surface area contributed by atoms with Gasteiger partial charge in [0.2, 0.25) is 10.6 Å². The van der Waals surface area contributed by atoms with Crippen molar-refractivity contribution in [3.63, 3.8) is 0 Å². The van der Waals surface area contributed by atoms with Gasteiger partial charge in [-0.15, -0.1) is 0 Å². The van der Waals surface area contributed by atoms with Crippen molar-refractivity contribution in [2.24, 2.45) is 0 Å². The number of aryl methyl sites for hydroxylation is 1. The molecule has 3 nitrogen and oxygen atoms in total. The topological polar surface area (TPSA) is 38.7 Å². The molecule has 1 heterocycles. The summed E-state index contributed by atoms with van der Waals surface area (Å²) < 4.78 is 0. The summed E-state index contributed by atoms with van der Waals surface area (Å²) >= 11 is 11.5. The van der Waals surface area contributed by atoms with Gasteiger partial charge in [-0.3, -0.25) is 0 Å². The van der Waals surface area contributed by atoms with Crippen molar-refractivity contribution in [3.8, 4) is 0 Å². The average molecular weight is 318 g/mol. The highest BCUT2D eigenvalue weighted by molar-refractivity contribution is 6.30. The van der Waals surface area contributed by atoms with Crippen LogP contribution in [0, 0.1) is 0 Å². The van der Waals surface area contributed by atoms with Gasteiger partial charge in [0.05, 0.1) is 0 Å². The molecule has 0 fully saturated rings. The minimum atomic E-state index is 0.187. The summed E-state index contributed by atoms with van der Waals surface area (Å²) in [5.74, 6) is 0.703. The zero-order chi connectivity index (χ0) is 14.6. The fourth-order valence-electron chi connectivity index (χ4n) is 2.25. The molecule has 114 valence electrons. The number of hydrogen-bond acceptors (Lipinski definition) is 3. The first-order valence-corrected chi connectivity index (χ1v) is 8.54. The van der Waals surface area contributed by atoms with Crippen molar-refractivity contribution in [3.05, 3.63) is 16.4 Å². The SMILES string of the molecule is CCCCCCCCCCCCc1nc(Cl)nc(Cl)n1. The Labute approximate surface area is 132 Å². The van der Waals surface area contributed by atoms with Crippen LogP contribution in [0.25, 0.3) is 0 Å². The molecule has 0 aliphatic carbocycles. The van der Waals surface area contributed by atoms with Crippen molar-refractivity contribution >= 4 is 23.2 Å². The van der Waals surface area contributed by atoms with Gasteiger partial charge in [0.1, 0.15) is 5.82 Å². The minimum absolute atomic E-state index is 0.187. The summed E-state index contributed by atoms with van der Waals surface area (Å²) in [6.07, 6.45) is 14.0. The van der Waals surface area contributed by atoms with E-state index in [2.05, 4.69) is 21.9 Å². The molecule has 0 atom stereocenters. The summed E-state index contributed by atoms with van der Waals surface area (Å²) in [7, 11) is 0. The van der Waals surface area contributed by atoms with Crippen LogP contribution >= 0.6 is 23.2 Å². The molecule has 0 saturated heterocycles. The first-order valence-electron chi connectivity index (χ1n) is 7.78. The Morgan fingerprint density at radius 2 is 1.10 bits per heavy atom. The largest absolute Gasteiger partial charge is 0.226 e. The van der Waals surface area contributed by atoms with Gasteiger partial charge in [0, 0.05) is 6.42 Å². The number of halogens is 2. The molecule has 1 rings (SSSR count). The van der Waals surface area contributed by atoms with Crippen molar-refractivity contribution in [1.29, 1.82) is 0 Å². The smallest absolute Gasteiger partial charge is 0.203 e. The van der Waals surface area contributed by atoms with Crippen LogP contribution in [0.3, 0.4) is 0 Å². The molecular weight excluding hydrogens is 293 g/mol. The standard InChI is InChI=1S/C15H25Cl2N3/c1-2-3-4-5-6-7-8-9-10-11-12-13-18-14(16)20-15(17)19-13/h2-12H2,1H3. The number of aromatic nitrogens is 3. The molecule has 0 unspecified atom stereocenters. The van der Waals surface area contributed by atoms with Crippen LogP contribution in [0.4, 0.5) is 0 Å². The van der Waals surface area contributed by atoms with E-state index in [0.29, 0.717) is 5.82 Å². The third-order valence-electron chi connectivity index (χ3n) is 3.38. The van der Waals surface area contributed by atoms with Crippen LogP contribution in [0.15, 0.2) is 0 Å². The molecule has 20 heavy (non-hydrogen) atoms. The van der Waals surface area contributed by atoms with Crippen LogP contribution in [-0.4, -0.2) is 15.0 Å². The third kappa shape index (κ3) is 8.70. The summed E-state index contributed by atoms with van der Waals surface area (Å²) in [5.41, 5.74) is 0. The summed E-state index contributed by atoms with van der Waals surface area (Å²) in [5, 5.41) is 0.374. The fourth-order valence-corrected chi connectivity index (χ4v) is 2.64. The molecule has 0 amide bonds. The van der Waals surface area contributed by atoms with Gasteiger partial charge >= 0.3 is 0 Å². The molecule has 0 aromatic carbocycles. The Hall–Kier alpha value is -0.410. The Morgan fingerprint density at radius 3 is 1.60 bits per heavy atom. The number of hydrogen-bond donors (Lipinski definition) is 0. The van der Waals surface area contributed by atoms with Crippen molar-refractivity contribution in [1.82, 2.24) is 15.0 Å². The van der Waals surface area contributed by atoms with E-state index in [-0.39, 0.29) is 10.6 Å². The van der Waals surface area contributed by atoms with E-state index < -0.39 is 0 Å². The monoisotopic (exact) mass is 317 g/mol. The molecular formula is C15H25Cl2N3. The zero-order valence-corrected chi connectivity index (χ0v) is 13.9. The first kappa shape index (κ1) is 17.6. The lowest BCUT2D eigenvalue weighted by Gasteiger charge is -2.02. The van der Waals surface area contributed by atoms with Gasteiger partial charge in [0.25, 0.3) is 0 Å². The van der Waals surface area contributed by atoms with Crippen LogP contribution in [0.2, 0.25) is 10.6 Å². The van der Waals surface area contributed by atoms with E-state index in [9.17, 15) is 0 Å². The number of nitrogens with zero attached hydrogens (tertiary/aromatic N) is 3. The summed E-state index contributed by atoms with van der Waals surface area (Å²) in [6, 6.07) is 0.